The molecule has 0 atom stereocenters. The van der Waals surface area contributed by atoms with Gasteiger partial charge in [-0.15, -0.1) is 0 Å². The molecule has 20 heavy (non-hydrogen) atoms. The molecule has 0 radical (unpaired) electrons. The number of methoxy groups -OCH3 is 1. The average Bonchev–Trinajstić information content (AvgIpc) is 3.17. The SMILES string of the molecule is COc1ccc(OCOCC2CC2)c([B-](F)(F)F)c1.[K+]. The molecule has 0 saturated heterocycles. The van der Waals surface area contributed by atoms with Crippen molar-refractivity contribution in [2.75, 3.05) is 20.5 Å². The van der Waals surface area contributed by atoms with Crippen molar-refractivity contribution in [3.05, 3.63) is 18.2 Å². The van der Waals surface area contributed by atoms with Crippen molar-refractivity contribution in [3.8, 4) is 11.5 Å². The molecule has 106 valence electrons. The predicted molar refractivity (Wildman–Crippen MR) is 65.9 cm³/mol. The molecule has 1 aromatic rings. The first kappa shape index (κ1) is 18.3. The van der Waals surface area contributed by atoms with Gasteiger partial charge in [-0.3, -0.25) is 0 Å². The number of rotatable bonds is 7. The molecule has 0 unspecified atom stereocenters. The van der Waals surface area contributed by atoms with Gasteiger partial charge in [0, 0.05) is 0 Å². The minimum absolute atomic E-state index is 0. The zero-order chi connectivity index (χ0) is 13.9. The summed E-state index contributed by atoms with van der Waals surface area (Å²) in [5.74, 6) is 0.482. The van der Waals surface area contributed by atoms with E-state index < -0.39 is 12.4 Å². The maximum absolute atomic E-state index is 12.9. The number of hydrogen-bond donors (Lipinski definition) is 0. The van der Waals surface area contributed by atoms with Gasteiger partial charge in [0.2, 0.25) is 0 Å². The maximum atomic E-state index is 12.9. The first-order valence-electron chi connectivity index (χ1n) is 6.09. The molecule has 1 fully saturated rings. The summed E-state index contributed by atoms with van der Waals surface area (Å²) in [5, 5.41) is 0. The molecule has 0 bridgehead atoms. The molecule has 8 heteroatoms. The molecule has 0 spiro atoms. The van der Waals surface area contributed by atoms with Crippen LogP contribution in [0.1, 0.15) is 12.8 Å². The Morgan fingerprint density at radius 3 is 2.50 bits per heavy atom. The number of halogens is 3. The van der Waals surface area contributed by atoms with Crippen LogP contribution in [-0.4, -0.2) is 27.5 Å². The third-order valence-corrected chi connectivity index (χ3v) is 2.92. The van der Waals surface area contributed by atoms with E-state index in [1.165, 1.54) is 19.2 Å². The van der Waals surface area contributed by atoms with Crippen LogP contribution in [0.2, 0.25) is 0 Å². The average molecular weight is 314 g/mol. The van der Waals surface area contributed by atoms with Crippen molar-refractivity contribution in [2.24, 2.45) is 5.92 Å². The van der Waals surface area contributed by atoms with Crippen LogP contribution in [0.25, 0.3) is 0 Å². The van der Waals surface area contributed by atoms with Gasteiger partial charge in [-0.2, -0.15) is 0 Å². The van der Waals surface area contributed by atoms with Crippen molar-refractivity contribution in [3.63, 3.8) is 0 Å². The second kappa shape index (κ2) is 8.05. The molecule has 0 heterocycles. The van der Waals surface area contributed by atoms with Crippen molar-refractivity contribution in [1.82, 2.24) is 0 Å². The second-order valence-corrected chi connectivity index (χ2v) is 4.55. The standard InChI is InChI=1S/C12H15BF3O3.K/c1-17-10-4-5-12(11(6-10)13(14,15)16)19-8-18-7-9-2-3-9;/h4-6,9H,2-3,7-8H2,1H3;/q-1;+1. The zero-order valence-electron chi connectivity index (χ0n) is 11.6. The Bertz CT molecular complexity index is 438. The van der Waals surface area contributed by atoms with E-state index in [2.05, 4.69) is 0 Å². The Morgan fingerprint density at radius 2 is 1.95 bits per heavy atom. The first-order valence-corrected chi connectivity index (χ1v) is 6.09. The van der Waals surface area contributed by atoms with E-state index in [1.54, 1.807) is 0 Å². The smallest absolute Gasteiger partial charge is 0.497 e. The zero-order valence-corrected chi connectivity index (χ0v) is 14.7. The molecule has 1 aliphatic carbocycles. The fraction of sp³-hybridized carbons (Fsp3) is 0.500. The summed E-state index contributed by atoms with van der Waals surface area (Å²) in [6, 6.07) is 3.63. The molecule has 1 aliphatic rings. The molecule has 3 nitrogen and oxygen atoms in total. The van der Waals surface area contributed by atoms with Gasteiger partial charge in [0.25, 0.3) is 0 Å². The Morgan fingerprint density at radius 1 is 1.25 bits per heavy atom. The van der Waals surface area contributed by atoms with Crippen molar-refractivity contribution in [1.29, 1.82) is 0 Å². The molecule has 1 aromatic carbocycles. The van der Waals surface area contributed by atoms with E-state index in [4.69, 9.17) is 14.2 Å². The van der Waals surface area contributed by atoms with Crippen molar-refractivity contribution < 1.29 is 78.5 Å². The van der Waals surface area contributed by atoms with Crippen LogP contribution in [0.5, 0.6) is 11.5 Å². The molecular weight excluding hydrogens is 299 g/mol. The maximum Gasteiger partial charge on any atom is 1.00 e. The van der Waals surface area contributed by atoms with Gasteiger partial charge >= 0.3 is 58.4 Å². The first-order chi connectivity index (χ1) is 9.00. The molecule has 2 rings (SSSR count). The molecular formula is C12H15BF3KO3. The second-order valence-electron chi connectivity index (χ2n) is 4.55. The number of hydrogen-bond acceptors (Lipinski definition) is 3. The van der Waals surface area contributed by atoms with Crippen LogP contribution in [0.3, 0.4) is 0 Å². The van der Waals surface area contributed by atoms with Gasteiger partial charge in [0.15, 0.2) is 6.79 Å². The van der Waals surface area contributed by atoms with E-state index in [0.717, 1.165) is 18.9 Å². The summed E-state index contributed by atoms with van der Waals surface area (Å²) in [4.78, 5) is 0. The summed E-state index contributed by atoms with van der Waals surface area (Å²) in [5.41, 5.74) is -0.797. The van der Waals surface area contributed by atoms with Gasteiger partial charge in [0.1, 0.15) is 5.75 Å². The van der Waals surface area contributed by atoms with Crippen molar-refractivity contribution in [2.45, 2.75) is 12.8 Å². The number of ether oxygens (including phenoxy) is 3. The minimum Gasteiger partial charge on any atom is -0.497 e. The monoisotopic (exact) mass is 314 g/mol. The van der Waals surface area contributed by atoms with Gasteiger partial charge in [-0.05, 0) is 37.0 Å². The van der Waals surface area contributed by atoms with E-state index in [0.29, 0.717) is 12.5 Å². The molecule has 0 N–H and O–H groups in total. The molecule has 1 saturated carbocycles. The van der Waals surface area contributed by atoms with Gasteiger partial charge in [-0.1, -0.05) is 5.46 Å². The Labute approximate surface area is 158 Å². The molecule has 0 aromatic heterocycles. The third-order valence-electron chi connectivity index (χ3n) is 2.92. The van der Waals surface area contributed by atoms with E-state index >= 15 is 0 Å². The Kier molecular flexibility index (Phi) is 7.37. The van der Waals surface area contributed by atoms with Gasteiger partial charge in [-0.25, -0.2) is 0 Å². The van der Waals surface area contributed by atoms with Crippen LogP contribution in [0.15, 0.2) is 18.2 Å². The van der Waals surface area contributed by atoms with Crippen molar-refractivity contribution >= 4 is 12.4 Å². The largest absolute Gasteiger partial charge is 1.00 e. The predicted octanol–water partition coefficient (Wildman–Crippen LogP) is -0.483. The summed E-state index contributed by atoms with van der Waals surface area (Å²) >= 11 is 0. The third kappa shape index (κ3) is 5.57. The summed E-state index contributed by atoms with van der Waals surface area (Å²) < 4.78 is 53.7. The topological polar surface area (TPSA) is 27.7 Å². The van der Waals surface area contributed by atoms with Crippen LogP contribution in [0, 0.1) is 5.92 Å². The minimum atomic E-state index is -5.15. The van der Waals surface area contributed by atoms with Crippen LogP contribution in [0.4, 0.5) is 12.9 Å². The van der Waals surface area contributed by atoms with Crippen LogP contribution >= 0.6 is 0 Å². The van der Waals surface area contributed by atoms with Gasteiger partial charge in [0.05, 0.1) is 19.5 Å². The molecule has 0 amide bonds. The van der Waals surface area contributed by atoms with Crippen LogP contribution < -0.4 is 66.3 Å². The summed E-state index contributed by atoms with van der Waals surface area (Å²) in [7, 11) is 1.32. The summed E-state index contributed by atoms with van der Waals surface area (Å²) in [6.45, 7) is -4.77. The van der Waals surface area contributed by atoms with Crippen LogP contribution in [-0.2, 0) is 4.74 Å². The fourth-order valence-electron chi connectivity index (χ4n) is 1.65. The van der Waals surface area contributed by atoms with E-state index in [1.807, 2.05) is 0 Å². The molecule has 0 aliphatic heterocycles. The normalized spacial score (nSPS) is 14.6. The Hall–Kier alpha value is 0.271. The quantitative estimate of drug-likeness (QED) is 0.386. The Balaban J connectivity index is 0.00000200. The van der Waals surface area contributed by atoms with E-state index in [9.17, 15) is 12.9 Å². The fourth-order valence-corrected chi connectivity index (χ4v) is 1.65. The summed E-state index contributed by atoms with van der Waals surface area (Å²) in [6.07, 6.45) is 2.25. The number of benzene rings is 1. The van der Waals surface area contributed by atoms with E-state index in [-0.39, 0.29) is 69.7 Å². The van der Waals surface area contributed by atoms with Gasteiger partial charge < -0.3 is 27.2 Å².